The topological polar surface area (TPSA) is 92.9 Å². The number of aryl methyl sites for hydroxylation is 1. The number of carbonyl (C=O) groups is 1. The van der Waals surface area contributed by atoms with Gasteiger partial charge in [-0.05, 0) is 35.5 Å². The molecular weight excluding hydrogens is 363 g/mol. The van der Waals surface area contributed by atoms with Crippen LogP contribution in [0.4, 0.5) is 24.5 Å². The molecule has 0 aliphatic carbocycles. The summed E-state index contributed by atoms with van der Waals surface area (Å²) in [5.74, 6) is -0.754. The molecule has 0 aliphatic rings. The molecule has 0 amide bonds. The van der Waals surface area contributed by atoms with Crippen molar-refractivity contribution in [3.63, 3.8) is 0 Å². The van der Waals surface area contributed by atoms with Gasteiger partial charge in [0.05, 0.1) is 18.5 Å². The van der Waals surface area contributed by atoms with Crippen LogP contribution in [0.15, 0.2) is 48.5 Å². The highest BCUT2D eigenvalue weighted by atomic mass is 19.4. The minimum Gasteiger partial charge on any atom is -0.481 e. The van der Waals surface area contributed by atoms with Crippen LogP contribution in [-0.2, 0) is 17.5 Å². The van der Waals surface area contributed by atoms with E-state index >= 15 is 0 Å². The van der Waals surface area contributed by atoms with Crippen molar-refractivity contribution < 1.29 is 23.1 Å². The Morgan fingerprint density at radius 1 is 1.15 bits per heavy atom. The fourth-order valence-electron chi connectivity index (χ4n) is 2.36. The maximum absolute atomic E-state index is 12.9. The Hall–Kier alpha value is -3.43. The lowest BCUT2D eigenvalue weighted by atomic mass is 10.1. The van der Waals surface area contributed by atoms with Crippen LogP contribution in [0.5, 0.6) is 0 Å². The number of aromatic nitrogens is 4. The maximum Gasteiger partial charge on any atom is 0.416 e. The van der Waals surface area contributed by atoms with Crippen LogP contribution in [0.25, 0.3) is 11.4 Å². The highest BCUT2D eigenvalue weighted by Gasteiger charge is 2.30. The number of anilines is 2. The number of hydrogen-bond acceptors (Lipinski definition) is 5. The number of carboxylic acids is 1. The highest BCUT2D eigenvalue weighted by molar-refractivity contribution is 5.77. The van der Waals surface area contributed by atoms with Gasteiger partial charge in [-0.1, -0.05) is 18.2 Å². The minimum atomic E-state index is -4.44. The average molecular weight is 377 g/mol. The Labute approximate surface area is 151 Å². The van der Waals surface area contributed by atoms with Crippen molar-refractivity contribution >= 4 is 17.3 Å². The smallest absolute Gasteiger partial charge is 0.416 e. The molecule has 3 rings (SSSR count). The second-order valence-corrected chi connectivity index (χ2v) is 5.60. The second kappa shape index (κ2) is 7.44. The standard InChI is InChI=1S/C17H14F3N5O2/c18-17(19,20)11-4-3-5-12(10-11)21-14-7-2-1-6-13(14)16-22-24-25(23-16)9-8-15(26)27/h1-7,10,21H,8-9H2,(H,26,27). The molecule has 0 saturated heterocycles. The van der Waals surface area contributed by atoms with Crippen molar-refractivity contribution in [2.24, 2.45) is 0 Å². The van der Waals surface area contributed by atoms with Crippen molar-refractivity contribution in [1.82, 2.24) is 20.2 Å². The van der Waals surface area contributed by atoms with E-state index in [0.717, 1.165) is 16.9 Å². The molecule has 0 saturated carbocycles. The molecule has 0 atom stereocenters. The monoisotopic (exact) mass is 377 g/mol. The summed E-state index contributed by atoms with van der Waals surface area (Å²) in [6.45, 7) is 0.0611. The van der Waals surface area contributed by atoms with E-state index < -0.39 is 17.7 Å². The molecule has 0 radical (unpaired) electrons. The van der Waals surface area contributed by atoms with Gasteiger partial charge < -0.3 is 10.4 Å². The number of benzene rings is 2. The lowest BCUT2D eigenvalue weighted by molar-refractivity contribution is -0.138. The molecule has 1 aromatic heterocycles. The Bertz CT molecular complexity index is 955. The molecule has 0 bridgehead atoms. The zero-order valence-electron chi connectivity index (χ0n) is 13.8. The van der Waals surface area contributed by atoms with Crippen LogP contribution in [0.3, 0.4) is 0 Å². The minimum absolute atomic E-state index is 0.0611. The van der Waals surface area contributed by atoms with Crippen molar-refractivity contribution in [2.75, 3.05) is 5.32 Å². The van der Waals surface area contributed by atoms with Gasteiger partial charge in [0.2, 0.25) is 5.82 Å². The number of rotatable bonds is 6. The lowest BCUT2D eigenvalue weighted by Crippen LogP contribution is -2.07. The summed E-state index contributed by atoms with van der Waals surface area (Å²) in [5.41, 5.74) is 0.518. The zero-order chi connectivity index (χ0) is 19.4. The first-order valence-corrected chi connectivity index (χ1v) is 7.86. The van der Waals surface area contributed by atoms with Crippen LogP contribution >= 0.6 is 0 Å². The van der Waals surface area contributed by atoms with E-state index in [9.17, 15) is 18.0 Å². The summed E-state index contributed by atoms with van der Waals surface area (Å²) in [6.07, 6.45) is -4.59. The van der Waals surface area contributed by atoms with E-state index in [1.54, 1.807) is 24.3 Å². The Kier molecular flexibility index (Phi) is 5.06. The molecule has 27 heavy (non-hydrogen) atoms. The van der Waals surface area contributed by atoms with E-state index in [0.29, 0.717) is 11.3 Å². The lowest BCUT2D eigenvalue weighted by Gasteiger charge is -2.12. The molecule has 0 spiro atoms. The number of alkyl halides is 3. The molecule has 140 valence electrons. The van der Waals surface area contributed by atoms with E-state index in [2.05, 4.69) is 20.7 Å². The van der Waals surface area contributed by atoms with Gasteiger partial charge >= 0.3 is 12.1 Å². The molecule has 2 aromatic carbocycles. The van der Waals surface area contributed by atoms with Crippen LogP contribution in [0.1, 0.15) is 12.0 Å². The zero-order valence-corrected chi connectivity index (χ0v) is 13.8. The van der Waals surface area contributed by atoms with Crippen LogP contribution in [-0.4, -0.2) is 31.3 Å². The molecule has 1 heterocycles. The second-order valence-electron chi connectivity index (χ2n) is 5.60. The Morgan fingerprint density at radius 2 is 1.93 bits per heavy atom. The molecule has 0 unspecified atom stereocenters. The highest BCUT2D eigenvalue weighted by Crippen LogP contribution is 2.33. The van der Waals surface area contributed by atoms with Crippen molar-refractivity contribution in [3.8, 4) is 11.4 Å². The number of tetrazole rings is 1. The van der Waals surface area contributed by atoms with Crippen molar-refractivity contribution in [3.05, 3.63) is 54.1 Å². The summed E-state index contributed by atoms with van der Waals surface area (Å²) in [4.78, 5) is 11.8. The maximum atomic E-state index is 12.9. The number of nitrogens with zero attached hydrogens (tertiary/aromatic N) is 4. The number of hydrogen-bond donors (Lipinski definition) is 2. The third kappa shape index (κ3) is 4.60. The molecule has 3 aromatic rings. The van der Waals surface area contributed by atoms with Gasteiger partial charge in [-0.3, -0.25) is 4.79 Å². The molecular formula is C17H14F3N5O2. The molecule has 2 N–H and O–H groups in total. The number of para-hydroxylation sites is 1. The quantitative estimate of drug-likeness (QED) is 0.682. The van der Waals surface area contributed by atoms with Crippen molar-refractivity contribution in [1.29, 1.82) is 0 Å². The normalized spacial score (nSPS) is 11.4. The number of carboxylic acid groups (broad SMARTS) is 1. The average Bonchev–Trinajstić information content (AvgIpc) is 3.09. The van der Waals surface area contributed by atoms with Gasteiger partial charge in [-0.15, -0.1) is 10.2 Å². The largest absolute Gasteiger partial charge is 0.481 e. The van der Waals surface area contributed by atoms with Crippen LogP contribution in [0, 0.1) is 0 Å². The third-order valence-corrected chi connectivity index (χ3v) is 3.62. The van der Waals surface area contributed by atoms with E-state index in [1.165, 1.54) is 12.1 Å². The number of aliphatic carboxylic acids is 1. The van der Waals surface area contributed by atoms with Gasteiger partial charge in [-0.2, -0.15) is 18.0 Å². The Morgan fingerprint density at radius 3 is 2.67 bits per heavy atom. The van der Waals surface area contributed by atoms with Crippen molar-refractivity contribution in [2.45, 2.75) is 19.1 Å². The molecule has 7 nitrogen and oxygen atoms in total. The van der Waals surface area contributed by atoms with Gasteiger partial charge in [-0.25, -0.2) is 0 Å². The SMILES string of the molecule is O=C(O)CCn1nnc(-c2ccccc2Nc2cccc(C(F)(F)F)c2)n1. The van der Waals surface area contributed by atoms with Gasteiger partial charge in [0.1, 0.15) is 0 Å². The molecule has 0 fully saturated rings. The first kappa shape index (κ1) is 18.4. The number of halogens is 3. The Balaban J connectivity index is 1.86. The van der Waals surface area contributed by atoms with Gasteiger partial charge in [0.25, 0.3) is 0 Å². The van der Waals surface area contributed by atoms with Crippen LogP contribution in [0.2, 0.25) is 0 Å². The fourth-order valence-corrected chi connectivity index (χ4v) is 2.36. The van der Waals surface area contributed by atoms with E-state index in [-0.39, 0.29) is 24.5 Å². The van der Waals surface area contributed by atoms with Crippen LogP contribution < -0.4 is 5.32 Å². The van der Waals surface area contributed by atoms with Gasteiger partial charge in [0.15, 0.2) is 0 Å². The predicted molar refractivity (Wildman–Crippen MR) is 90.2 cm³/mol. The number of nitrogens with one attached hydrogen (secondary N) is 1. The summed E-state index contributed by atoms with van der Waals surface area (Å²) in [5, 5.41) is 23.4. The molecule has 10 heteroatoms. The van der Waals surface area contributed by atoms with E-state index in [1.807, 2.05) is 0 Å². The first-order chi connectivity index (χ1) is 12.8. The third-order valence-electron chi connectivity index (χ3n) is 3.62. The summed E-state index contributed by atoms with van der Waals surface area (Å²) in [7, 11) is 0. The fraction of sp³-hybridized carbons (Fsp3) is 0.176. The van der Waals surface area contributed by atoms with E-state index in [4.69, 9.17) is 5.11 Å². The van der Waals surface area contributed by atoms with Gasteiger partial charge in [0, 0.05) is 16.9 Å². The summed E-state index contributed by atoms with van der Waals surface area (Å²) in [6, 6.07) is 11.6. The first-order valence-electron chi connectivity index (χ1n) is 7.86. The molecule has 0 aliphatic heterocycles. The summed E-state index contributed by atoms with van der Waals surface area (Å²) < 4.78 is 38.6. The predicted octanol–water partition coefficient (Wildman–Crippen LogP) is 3.58. The summed E-state index contributed by atoms with van der Waals surface area (Å²) >= 11 is 0.